The van der Waals surface area contributed by atoms with E-state index in [0.717, 1.165) is 19.3 Å². The molecule has 6 heteroatoms. The third-order valence-electron chi connectivity index (χ3n) is 3.15. The van der Waals surface area contributed by atoms with Crippen LogP contribution in [0.25, 0.3) is 0 Å². The summed E-state index contributed by atoms with van der Waals surface area (Å²) in [6.45, 7) is 3.08. The van der Waals surface area contributed by atoms with Crippen LogP contribution in [0.15, 0.2) is 0 Å². The molecule has 1 amide bonds. The second kappa shape index (κ2) is 9.69. The molecule has 5 nitrogen and oxygen atoms in total. The van der Waals surface area contributed by atoms with Crippen molar-refractivity contribution in [3.05, 3.63) is 0 Å². The van der Waals surface area contributed by atoms with Gasteiger partial charge in [-0.1, -0.05) is 26.2 Å². The highest BCUT2D eigenvalue weighted by molar-refractivity contribution is 5.80. The SMILES string of the molecule is CCCCCC(F)C(=O)NCCC[N+](C)(C)CC(=O)O. The van der Waals surface area contributed by atoms with Gasteiger partial charge in [0.25, 0.3) is 5.91 Å². The molecule has 0 bridgehead atoms. The van der Waals surface area contributed by atoms with Gasteiger partial charge in [0.15, 0.2) is 12.7 Å². The minimum atomic E-state index is -1.43. The molecule has 0 aliphatic rings. The number of alkyl halides is 1. The summed E-state index contributed by atoms with van der Waals surface area (Å²) in [5, 5.41) is 11.3. The van der Waals surface area contributed by atoms with Gasteiger partial charge in [-0.15, -0.1) is 0 Å². The summed E-state index contributed by atoms with van der Waals surface area (Å²) in [5.74, 6) is -1.40. The van der Waals surface area contributed by atoms with E-state index >= 15 is 0 Å². The summed E-state index contributed by atoms with van der Waals surface area (Å²) in [6.07, 6.45) is 2.16. The van der Waals surface area contributed by atoms with Crippen molar-refractivity contribution in [3.8, 4) is 0 Å². The molecule has 0 radical (unpaired) electrons. The number of carboxylic acid groups (broad SMARTS) is 1. The van der Waals surface area contributed by atoms with Crippen LogP contribution in [0.1, 0.15) is 39.0 Å². The Morgan fingerprint density at radius 1 is 1.25 bits per heavy atom. The van der Waals surface area contributed by atoms with Crippen molar-refractivity contribution < 1.29 is 23.6 Å². The normalized spacial score (nSPS) is 13.0. The first-order chi connectivity index (χ1) is 9.28. The molecule has 0 saturated carbocycles. The second-order valence-corrected chi connectivity index (χ2v) is 5.82. The molecule has 20 heavy (non-hydrogen) atoms. The molecular formula is C14H28FN2O3+. The fourth-order valence-corrected chi connectivity index (χ4v) is 1.98. The summed E-state index contributed by atoms with van der Waals surface area (Å²) in [6, 6.07) is 0. The molecule has 0 spiro atoms. The Morgan fingerprint density at radius 2 is 1.90 bits per heavy atom. The first kappa shape index (κ1) is 18.8. The number of halogens is 1. The average Bonchev–Trinajstić information content (AvgIpc) is 2.33. The van der Waals surface area contributed by atoms with Crippen LogP contribution in [0.3, 0.4) is 0 Å². The monoisotopic (exact) mass is 291 g/mol. The molecule has 0 fully saturated rings. The topological polar surface area (TPSA) is 66.4 Å². The van der Waals surface area contributed by atoms with Crippen LogP contribution < -0.4 is 5.32 Å². The van der Waals surface area contributed by atoms with E-state index < -0.39 is 18.0 Å². The van der Waals surface area contributed by atoms with Gasteiger partial charge in [0.05, 0.1) is 20.6 Å². The van der Waals surface area contributed by atoms with Crippen LogP contribution in [0, 0.1) is 0 Å². The first-order valence-electron chi connectivity index (χ1n) is 7.24. The Balaban J connectivity index is 3.78. The number of amides is 1. The molecule has 0 aliphatic carbocycles. The molecule has 1 unspecified atom stereocenters. The fraction of sp³-hybridized carbons (Fsp3) is 0.857. The molecule has 0 heterocycles. The van der Waals surface area contributed by atoms with Gasteiger partial charge in [-0.25, -0.2) is 9.18 Å². The summed E-state index contributed by atoms with van der Waals surface area (Å²) in [4.78, 5) is 22.1. The molecule has 0 aromatic rings. The summed E-state index contributed by atoms with van der Waals surface area (Å²) >= 11 is 0. The molecule has 0 rings (SSSR count). The van der Waals surface area contributed by atoms with Crippen LogP contribution in [0.2, 0.25) is 0 Å². The Hall–Kier alpha value is -1.17. The number of unbranched alkanes of at least 4 members (excludes halogenated alkanes) is 2. The molecule has 0 aliphatic heterocycles. The highest BCUT2D eigenvalue weighted by Gasteiger charge is 2.20. The number of aliphatic carboxylic acids is 1. The van der Waals surface area contributed by atoms with Crippen molar-refractivity contribution >= 4 is 11.9 Å². The fourth-order valence-electron chi connectivity index (χ4n) is 1.98. The highest BCUT2D eigenvalue weighted by atomic mass is 19.1. The van der Waals surface area contributed by atoms with Crippen molar-refractivity contribution in [1.29, 1.82) is 0 Å². The van der Waals surface area contributed by atoms with Gasteiger partial charge in [0.2, 0.25) is 0 Å². The van der Waals surface area contributed by atoms with Crippen LogP contribution in [-0.4, -0.2) is 61.4 Å². The number of nitrogens with one attached hydrogen (secondary N) is 1. The lowest BCUT2D eigenvalue weighted by molar-refractivity contribution is -0.883. The number of carboxylic acids is 1. The van der Waals surface area contributed by atoms with Crippen molar-refractivity contribution in [1.82, 2.24) is 5.32 Å². The third-order valence-corrected chi connectivity index (χ3v) is 3.15. The smallest absolute Gasteiger partial charge is 0.359 e. The van der Waals surface area contributed by atoms with Crippen LogP contribution in [-0.2, 0) is 9.59 Å². The van der Waals surface area contributed by atoms with E-state index in [9.17, 15) is 14.0 Å². The second-order valence-electron chi connectivity index (χ2n) is 5.82. The maximum Gasteiger partial charge on any atom is 0.359 e. The van der Waals surface area contributed by atoms with E-state index in [4.69, 9.17) is 5.11 Å². The van der Waals surface area contributed by atoms with Gasteiger partial charge >= 0.3 is 5.97 Å². The Labute approximate surface area is 120 Å². The third kappa shape index (κ3) is 9.72. The van der Waals surface area contributed by atoms with Crippen molar-refractivity contribution in [2.24, 2.45) is 0 Å². The number of quaternary nitrogens is 1. The minimum absolute atomic E-state index is 0.0384. The quantitative estimate of drug-likeness (QED) is 0.448. The largest absolute Gasteiger partial charge is 0.477 e. The predicted molar refractivity (Wildman–Crippen MR) is 76.1 cm³/mol. The zero-order valence-electron chi connectivity index (χ0n) is 12.8. The van der Waals surface area contributed by atoms with E-state index in [1.807, 2.05) is 21.0 Å². The zero-order chi connectivity index (χ0) is 15.6. The lowest BCUT2D eigenvalue weighted by Crippen LogP contribution is -2.45. The Bertz CT molecular complexity index is 309. The molecule has 0 aromatic heterocycles. The first-order valence-corrected chi connectivity index (χ1v) is 7.24. The van der Waals surface area contributed by atoms with Crippen LogP contribution in [0.4, 0.5) is 4.39 Å². The minimum Gasteiger partial charge on any atom is -0.477 e. The van der Waals surface area contributed by atoms with Crippen molar-refractivity contribution in [2.75, 3.05) is 33.7 Å². The average molecular weight is 291 g/mol. The van der Waals surface area contributed by atoms with E-state index in [-0.39, 0.29) is 13.0 Å². The van der Waals surface area contributed by atoms with E-state index in [1.54, 1.807) is 0 Å². The van der Waals surface area contributed by atoms with E-state index in [1.165, 1.54) is 0 Å². The van der Waals surface area contributed by atoms with Gasteiger partial charge in [-0.05, 0) is 6.42 Å². The number of rotatable bonds is 11. The highest BCUT2D eigenvalue weighted by Crippen LogP contribution is 2.06. The standard InChI is InChI=1S/C14H27FN2O3/c1-4-5-6-8-12(15)14(20)16-9-7-10-17(2,3)11-13(18)19/h12H,4-11H2,1-3H3,(H-,16,18,19,20)/p+1. The maximum atomic E-state index is 13.5. The number of hydrogen-bond donors (Lipinski definition) is 2. The number of nitrogens with zero attached hydrogens (tertiary/aromatic N) is 1. The molecular weight excluding hydrogens is 263 g/mol. The molecule has 0 saturated heterocycles. The summed E-state index contributed by atoms with van der Waals surface area (Å²) in [7, 11) is 3.64. The number of hydrogen-bond acceptors (Lipinski definition) is 2. The summed E-state index contributed by atoms with van der Waals surface area (Å²) < 4.78 is 13.8. The molecule has 0 aromatic carbocycles. The van der Waals surface area contributed by atoms with E-state index in [0.29, 0.717) is 24.0 Å². The number of carbonyl (C=O) groups excluding carboxylic acids is 1. The zero-order valence-corrected chi connectivity index (χ0v) is 12.8. The molecule has 2 N–H and O–H groups in total. The lowest BCUT2D eigenvalue weighted by atomic mass is 10.1. The molecule has 1 atom stereocenters. The Kier molecular flexibility index (Phi) is 9.12. The maximum absolute atomic E-state index is 13.5. The summed E-state index contributed by atoms with van der Waals surface area (Å²) in [5.41, 5.74) is 0. The van der Waals surface area contributed by atoms with Crippen molar-refractivity contribution in [2.45, 2.75) is 45.2 Å². The van der Waals surface area contributed by atoms with E-state index in [2.05, 4.69) is 5.32 Å². The number of likely N-dealkylation sites (N-methyl/N-ethyl adjacent to an activating group) is 1. The van der Waals surface area contributed by atoms with Gasteiger partial charge in [-0.3, -0.25) is 4.79 Å². The van der Waals surface area contributed by atoms with Crippen LogP contribution in [0.5, 0.6) is 0 Å². The molecule has 118 valence electrons. The Morgan fingerprint density at radius 3 is 2.45 bits per heavy atom. The van der Waals surface area contributed by atoms with Crippen molar-refractivity contribution in [3.63, 3.8) is 0 Å². The predicted octanol–water partition coefficient (Wildman–Crippen LogP) is 1.57. The van der Waals surface area contributed by atoms with Crippen LogP contribution >= 0.6 is 0 Å². The number of carbonyl (C=O) groups is 2. The lowest BCUT2D eigenvalue weighted by Gasteiger charge is -2.27. The van der Waals surface area contributed by atoms with Gasteiger partial charge in [0, 0.05) is 13.0 Å². The van der Waals surface area contributed by atoms with Gasteiger partial charge in [-0.2, -0.15) is 0 Å². The van der Waals surface area contributed by atoms with Gasteiger partial charge < -0.3 is 14.9 Å². The van der Waals surface area contributed by atoms with Gasteiger partial charge in [0.1, 0.15) is 0 Å².